The van der Waals surface area contributed by atoms with Gasteiger partial charge in [0, 0.05) is 45.2 Å². The number of unbranched alkanes of at least 4 members (excludes halogenated alkanes) is 4. The third-order valence-electron chi connectivity index (χ3n) is 6.89. The molecule has 0 aliphatic rings. The molecule has 41 heavy (non-hydrogen) atoms. The van der Waals surface area contributed by atoms with E-state index in [9.17, 15) is 14.4 Å². The van der Waals surface area contributed by atoms with Crippen molar-refractivity contribution >= 4 is 45.1 Å². The van der Waals surface area contributed by atoms with E-state index < -0.39 is 0 Å². The molecule has 6 heteroatoms. The second-order valence-corrected chi connectivity index (χ2v) is 10.4. The molecule has 3 aromatic carbocycles. The fraction of sp³-hybridized carbons (Fsp3) is 0.371. The lowest BCUT2D eigenvalue weighted by atomic mass is 9.99. The molecule has 0 aliphatic carbocycles. The Morgan fingerprint density at radius 1 is 0.732 bits per heavy atom. The van der Waals surface area contributed by atoms with Crippen LogP contribution in [-0.4, -0.2) is 34.4 Å². The van der Waals surface area contributed by atoms with Gasteiger partial charge in [0.1, 0.15) is 5.78 Å². The normalized spacial score (nSPS) is 10.7. The molecular formula is C35H42N2O4. The van der Waals surface area contributed by atoms with E-state index in [1.807, 2.05) is 67.6 Å². The molecule has 0 radical (unpaired) electrons. The Hall–Kier alpha value is -4.06. The second-order valence-electron chi connectivity index (χ2n) is 10.4. The Morgan fingerprint density at radius 3 is 1.93 bits per heavy atom. The molecule has 1 heterocycles. The largest absolute Gasteiger partial charge is 0.466 e. The highest BCUT2D eigenvalue weighted by molar-refractivity contribution is 6.15. The summed E-state index contributed by atoms with van der Waals surface area (Å²) in [4.78, 5) is 34.7. The molecule has 6 nitrogen and oxygen atoms in total. The molecule has 4 rings (SSSR count). The molecule has 0 amide bonds. The molecular weight excluding hydrogens is 512 g/mol. The van der Waals surface area contributed by atoms with Crippen LogP contribution in [-0.2, 0) is 20.9 Å². The van der Waals surface area contributed by atoms with Gasteiger partial charge in [0.15, 0.2) is 5.78 Å². The quantitative estimate of drug-likeness (QED) is 0.0779. The van der Waals surface area contributed by atoms with Gasteiger partial charge in [0.05, 0.1) is 13.0 Å². The Bertz CT molecular complexity index is 1500. The number of rotatable bonds is 13. The topological polar surface area (TPSA) is 89.2 Å². The summed E-state index contributed by atoms with van der Waals surface area (Å²) in [5.74, 6) is -0.0826. The third-order valence-corrected chi connectivity index (χ3v) is 6.89. The summed E-state index contributed by atoms with van der Waals surface area (Å²) in [5.41, 5.74) is 4.78. The number of nitrogens with zero attached hydrogens (tertiary/aromatic N) is 1. The van der Waals surface area contributed by atoms with E-state index in [2.05, 4.69) is 17.6 Å². The first kappa shape index (κ1) is 31.5. The van der Waals surface area contributed by atoms with Crippen LogP contribution in [0, 0.1) is 5.41 Å². The molecule has 0 unspecified atom stereocenters. The average Bonchev–Trinajstić information content (AvgIpc) is 3.28. The molecule has 4 aromatic rings. The summed E-state index contributed by atoms with van der Waals surface area (Å²) < 4.78 is 7.27. The van der Waals surface area contributed by atoms with Crippen molar-refractivity contribution < 1.29 is 19.1 Å². The average molecular weight is 555 g/mol. The zero-order valence-corrected chi connectivity index (χ0v) is 24.8. The molecule has 0 saturated heterocycles. The molecule has 0 bridgehead atoms. The van der Waals surface area contributed by atoms with Crippen LogP contribution in [0.25, 0.3) is 21.8 Å². The zero-order valence-electron chi connectivity index (χ0n) is 24.8. The first-order valence-electron chi connectivity index (χ1n) is 14.6. The molecule has 1 aromatic heterocycles. The maximum Gasteiger partial charge on any atom is 0.307 e. The predicted octanol–water partition coefficient (Wildman–Crippen LogP) is 8.30. The number of ketones is 2. The van der Waals surface area contributed by atoms with Crippen LogP contribution in [0.5, 0.6) is 0 Å². The van der Waals surface area contributed by atoms with Crippen LogP contribution in [0.2, 0.25) is 0 Å². The van der Waals surface area contributed by atoms with E-state index >= 15 is 0 Å². The van der Waals surface area contributed by atoms with Crippen molar-refractivity contribution in [2.75, 3.05) is 6.61 Å². The van der Waals surface area contributed by atoms with Gasteiger partial charge in [-0.25, -0.2) is 0 Å². The number of benzene rings is 3. The van der Waals surface area contributed by atoms with Gasteiger partial charge in [-0.15, -0.1) is 0 Å². The van der Waals surface area contributed by atoms with E-state index in [1.165, 1.54) is 33.1 Å². The standard InChI is InChI=1S/C32H36N2O3.C3H6O/c1-3-5-6-7-11-14-28(33)24-15-17-29-26(21-24)27-22-25(32(36)23-12-9-8-10-13-23)16-18-30(27)34(29)20-19-31(35)37-4-2;1-3(2)4/h8-10,12-13,15-18,21-22,33H,3-7,11,14,19-20H2,1-2H3;1-2H3. The Kier molecular flexibility index (Phi) is 12.0. The van der Waals surface area contributed by atoms with Gasteiger partial charge >= 0.3 is 5.97 Å². The van der Waals surface area contributed by atoms with Crippen molar-refractivity contribution in [1.82, 2.24) is 4.57 Å². The van der Waals surface area contributed by atoms with Crippen LogP contribution >= 0.6 is 0 Å². The molecule has 0 saturated carbocycles. The molecule has 0 fully saturated rings. The van der Waals surface area contributed by atoms with Crippen LogP contribution in [0.3, 0.4) is 0 Å². The second kappa shape index (κ2) is 15.7. The maximum absolute atomic E-state index is 13.2. The van der Waals surface area contributed by atoms with E-state index in [4.69, 9.17) is 10.1 Å². The van der Waals surface area contributed by atoms with E-state index in [0.29, 0.717) is 30.0 Å². The Morgan fingerprint density at radius 2 is 1.32 bits per heavy atom. The fourth-order valence-electron chi connectivity index (χ4n) is 4.92. The highest BCUT2D eigenvalue weighted by Crippen LogP contribution is 2.32. The van der Waals surface area contributed by atoms with E-state index in [0.717, 1.165) is 46.6 Å². The van der Waals surface area contributed by atoms with Crippen molar-refractivity contribution in [3.8, 4) is 0 Å². The molecule has 216 valence electrons. The summed E-state index contributed by atoms with van der Waals surface area (Å²) in [6.45, 7) is 7.92. The summed E-state index contributed by atoms with van der Waals surface area (Å²) in [6, 6.07) is 21.2. The smallest absolute Gasteiger partial charge is 0.307 e. The first-order valence-corrected chi connectivity index (χ1v) is 14.6. The number of hydrogen-bond acceptors (Lipinski definition) is 5. The molecule has 0 atom stereocenters. The van der Waals surface area contributed by atoms with Crippen molar-refractivity contribution in [2.24, 2.45) is 0 Å². The fourth-order valence-corrected chi connectivity index (χ4v) is 4.92. The lowest BCUT2D eigenvalue weighted by Crippen LogP contribution is -2.09. The van der Waals surface area contributed by atoms with Crippen LogP contribution < -0.4 is 0 Å². The number of Topliss-reactive ketones (excluding diaryl/α,β-unsaturated/α-hetero) is 1. The molecule has 1 N–H and O–H groups in total. The number of aromatic nitrogens is 1. The molecule has 0 spiro atoms. The van der Waals surface area contributed by atoms with Gasteiger partial charge in [-0.3, -0.25) is 9.59 Å². The summed E-state index contributed by atoms with van der Waals surface area (Å²) >= 11 is 0. The molecule has 0 aliphatic heterocycles. The number of fused-ring (bicyclic) bond motifs is 3. The highest BCUT2D eigenvalue weighted by atomic mass is 16.5. The predicted molar refractivity (Wildman–Crippen MR) is 167 cm³/mol. The summed E-state index contributed by atoms with van der Waals surface area (Å²) in [7, 11) is 0. The van der Waals surface area contributed by atoms with Gasteiger partial charge in [-0.2, -0.15) is 0 Å². The summed E-state index contributed by atoms with van der Waals surface area (Å²) in [6.07, 6.45) is 6.87. The number of esters is 1. The van der Waals surface area contributed by atoms with E-state index in [1.54, 1.807) is 0 Å². The van der Waals surface area contributed by atoms with Gasteiger partial charge in [-0.05, 0) is 69.5 Å². The number of nitrogens with one attached hydrogen (secondary N) is 1. The Balaban J connectivity index is 0.00000108. The maximum atomic E-state index is 13.2. The number of ether oxygens (including phenoxy) is 1. The van der Waals surface area contributed by atoms with Crippen LogP contribution in [0.15, 0.2) is 66.7 Å². The monoisotopic (exact) mass is 554 g/mol. The number of aryl methyl sites for hydroxylation is 1. The minimum absolute atomic E-state index is 0.0223. The van der Waals surface area contributed by atoms with Crippen molar-refractivity contribution in [3.63, 3.8) is 0 Å². The number of hydrogen-bond donors (Lipinski definition) is 1. The first-order chi connectivity index (χ1) is 19.8. The van der Waals surface area contributed by atoms with Gasteiger partial charge < -0.3 is 19.5 Å². The van der Waals surface area contributed by atoms with Crippen LogP contribution in [0.1, 0.15) is 94.1 Å². The van der Waals surface area contributed by atoms with Gasteiger partial charge in [-0.1, -0.05) is 69.0 Å². The highest BCUT2D eigenvalue weighted by Gasteiger charge is 2.17. The van der Waals surface area contributed by atoms with Crippen molar-refractivity contribution in [1.29, 1.82) is 5.41 Å². The zero-order chi connectivity index (χ0) is 29.8. The van der Waals surface area contributed by atoms with Crippen molar-refractivity contribution in [3.05, 3.63) is 83.4 Å². The van der Waals surface area contributed by atoms with Crippen molar-refractivity contribution in [2.45, 2.75) is 79.2 Å². The summed E-state index contributed by atoms with van der Waals surface area (Å²) in [5, 5.41) is 10.6. The SMILES string of the molecule is CC(C)=O.CCCCCCCC(=N)c1ccc2c(c1)c1cc(C(=O)c3ccccc3)ccc1n2CCC(=O)OCC. The number of carbonyl (C=O) groups excluding carboxylic acids is 3. The van der Waals surface area contributed by atoms with E-state index in [-0.39, 0.29) is 24.0 Å². The van der Waals surface area contributed by atoms with Gasteiger partial charge in [0.25, 0.3) is 0 Å². The minimum Gasteiger partial charge on any atom is -0.466 e. The lowest BCUT2D eigenvalue weighted by molar-refractivity contribution is -0.143. The Labute approximate surface area is 243 Å². The minimum atomic E-state index is -0.227. The number of carbonyl (C=O) groups is 3. The lowest BCUT2D eigenvalue weighted by Gasteiger charge is -2.09. The third kappa shape index (κ3) is 8.71. The van der Waals surface area contributed by atoms with Crippen LogP contribution in [0.4, 0.5) is 0 Å². The van der Waals surface area contributed by atoms with Gasteiger partial charge in [0.2, 0.25) is 0 Å².